The second kappa shape index (κ2) is 12.6. The van der Waals surface area contributed by atoms with Crippen molar-refractivity contribution in [2.45, 2.75) is 52.6 Å². The SMILES string of the molecule is CC(C)(C)C1CCC(Oc2cc(F)cc(C(=O)Nc3ccc(OCCN4CCOCC4)c4ccccc34)c2)CC1. The van der Waals surface area contributed by atoms with Crippen molar-refractivity contribution in [2.24, 2.45) is 11.3 Å². The highest BCUT2D eigenvalue weighted by atomic mass is 19.1. The fourth-order valence-corrected chi connectivity index (χ4v) is 5.81. The lowest BCUT2D eigenvalue weighted by Crippen LogP contribution is -2.38. The van der Waals surface area contributed by atoms with Crippen molar-refractivity contribution < 1.29 is 23.4 Å². The van der Waals surface area contributed by atoms with Crippen LogP contribution in [-0.2, 0) is 4.74 Å². The number of hydrogen-bond acceptors (Lipinski definition) is 5. The third-order valence-corrected chi connectivity index (χ3v) is 8.24. The molecule has 6 nitrogen and oxygen atoms in total. The maximum atomic E-state index is 14.6. The lowest BCUT2D eigenvalue weighted by molar-refractivity contribution is 0.0323. The monoisotopic (exact) mass is 548 g/mol. The third-order valence-electron chi connectivity index (χ3n) is 8.24. The van der Waals surface area contributed by atoms with Crippen LogP contribution in [0.1, 0.15) is 56.8 Å². The number of amides is 1. The summed E-state index contributed by atoms with van der Waals surface area (Å²) in [6.07, 6.45) is 4.10. The minimum absolute atomic E-state index is 0.0380. The van der Waals surface area contributed by atoms with Crippen LogP contribution in [0.5, 0.6) is 11.5 Å². The van der Waals surface area contributed by atoms with Gasteiger partial charge >= 0.3 is 0 Å². The van der Waals surface area contributed by atoms with Crippen LogP contribution in [0.25, 0.3) is 10.8 Å². The van der Waals surface area contributed by atoms with Gasteiger partial charge in [-0.1, -0.05) is 45.0 Å². The summed E-state index contributed by atoms with van der Waals surface area (Å²) in [4.78, 5) is 15.6. The number of halogens is 1. The van der Waals surface area contributed by atoms with Crippen LogP contribution < -0.4 is 14.8 Å². The molecule has 0 radical (unpaired) electrons. The van der Waals surface area contributed by atoms with Gasteiger partial charge in [0.05, 0.1) is 19.3 Å². The number of morpholine rings is 1. The van der Waals surface area contributed by atoms with E-state index in [2.05, 4.69) is 31.0 Å². The van der Waals surface area contributed by atoms with Gasteiger partial charge in [0.1, 0.15) is 23.9 Å². The van der Waals surface area contributed by atoms with Gasteiger partial charge in [-0.05, 0) is 61.3 Å². The van der Waals surface area contributed by atoms with Gasteiger partial charge in [0.25, 0.3) is 5.91 Å². The number of hydrogen-bond donors (Lipinski definition) is 1. The van der Waals surface area contributed by atoms with Crippen molar-refractivity contribution >= 4 is 22.4 Å². The standard InChI is InChI=1S/C33H41FN2O4/c1-33(2,3)24-8-10-26(11-9-24)40-27-21-23(20-25(34)22-27)32(37)35-30-12-13-31(29-7-5-4-6-28(29)30)39-19-16-36-14-17-38-18-15-36/h4-7,12-13,20-22,24,26H,8-11,14-19H2,1-3H3,(H,35,37). The Labute approximate surface area is 236 Å². The average molecular weight is 549 g/mol. The molecule has 1 N–H and O–H groups in total. The summed E-state index contributed by atoms with van der Waals surface area (Å²) in [5.74, 6) is 0.965. The first kappa shape index (κ1) is 28.4. The van der Waals surface area contributed by atoms with Crippen molar-refractivity contribution in [3.63, 3.8) is 0 Å². The second-order valence-electron chi connectivity index (χ2n) is 12.0. The van der Waals surface area contributed by atoms with Crippen LogP contribution in [0.15, 0.2) is 54.6 Å². The number of rotatable bonds is 8. The van der Waals surface area contributed by atoms with E-state index in [1.807, 2.05) is 36.4 Å². The van der Waals surface area contributed by atoms with Gasteiger partial charge < -0.3 is 19.5 Å². The van der Waals surface area contributed by atoms with E-state index >= 15 is 0 Å². The number of carbonyl (C=O) groups excluding carboxylic acids is 1. The summed E-state index contributed by atoms with van der Waals surface area (Å²) >= 11 is 0. The minimum Gasteiger partial charge on any atom is -0.492 e. The van der Waals surface area contributed by atoms with Gasteiger partial charge in [-0.2, -0.15) is 0 Å². The fourth-order valence-electron chi connectivity index (χ4n) is 5.81. The summed E-state index contributed by atoms with van der Waals surface area (Å²) in [5.41, 5.74) is 1.16. The summed E-state index contributed by atoms with van der Waals surface area (Å²) < 4.78 is 32.3. The fraction of sp³-hybridized carbons (Fsp3) is 0.485. The number of nitrogens with one attached hydrogen (secondary N) is 1. The molecule has 1 aliphatic heterocycles. The molecule has 5 rings (SSSR count). The predicted octanol–water partition coefficient (Wildman–Crippen LogP) is 6.93. The number of benzene rings is 3. The molecule has 3 aromatic carbocycles. The number of nitrogens with zero attached hydrogens (tertiary/aromatic N) is 1. The van der Waals surface area contributed by atoms with Crippen LogP contribution in [0.2, 0.25) is 0 Å². The molecule has 2 aliphatic rings. The van der Waals surface area contributed by atoms with E-state index < -0.39 is 5.82 Å². The Balaban J connectivity index is 1.25. The largest absolute Gasteiger partial charge is 0.492 e. The van der Waals surface area contributed by atoms with Crippen LogP contribution in [0, 0.1) is 17.2 Å². The van der Waals surface area contributed by atoms with E-state index in [0.717, 1.165) is 75.1 Å². The van der Waals surface area contributed by atoms with Crippen molar-refractivity contribution in [3.8, 4) is 11.5 Å². The maximum Gasteiger partial charge on any atom is 0.255 e. The van der Waals surface area contributed by atoms with E-state index in [1.165, 1.54) is 12.1 Å². The van der Waals surface area contributed by atoms with E-state index in [9.17, 15) is 9.18 Å². The molecule has 40 heavy (non-hydrogen) atoms. The first-order valence-electron chi connectivity index (χ1n) is 14.5. The molecule has 214 valence electrons. The Bertz CT molecular complexity index is 1310. The Morgan fingerprint density at radius 1 is 1.00 bits per heavy atom. The van der Waals surface area contributed by atoms with Gasteiger partial charge in [0.2, 0.25) is 0 Å². The zero-order valence-electron chi connectivity index (χ0n) is 23.9. The topological polar surface area (TPSA) is 60.0 Å². The maximum absolute atomic E-state index is 14.6. The van der Waals surface area contributed by atoms with Crippen molar-refractivity contribution in [3.05, 3.63) is 66.0 Å². The lowest BCUT2D eigenvalue weighted by Gasteiger charge is -2.37. The molecule has 1 aliphatic carbocycles. The normalized spacial score (nSPS) is 20.3. The summed E-state index contributed by atoms with van der Waals surface area (Å²) in [6.45, 7) is 11.6. The molecule has 0 unspecified atom stereocenters. The summed E-state index contributed by atoms with van der Waals surface area (Å²) in [6, 6.07) is 15.8. The molecule has 7 heteroatoms. The molecule has 0 bridgehead atoms. The number of fused-ring (bicyclic) bond motifs is 1. The molecule has 1 amide bonds. The highest BCUT2D eigenvalue weighted by Crippen LogP contribution is 2.39. The summed E-state index contributed by atoms with van der Waals surface area (Å²) in [7, 11) is 0. The average Bonchev–Trinajstić information content (AvgIpc) is 2.94. The van der Waals surface area contributed by atoms with Crippen molar-refractivity contribution in [2.75, 3.05) is 44.8 Å². The third kappa shape index (κ3) is 7.12. The smallest absolute Gasteiger partial charge is 0.255 e. The Morgan fingerprint density at radius 3 is 2.45 bits per heavy atom. The molecule has 1 heterocycles. The molecule has 0 aromatic heterocycles. The molecular weight excluding hydrogens is 507 g/mol. The number of carbonyl (C=O) groups is 1. The molecule has 3 aromatic rings. The molecular formula is C33H41FN2O4. The molecule has 2 fully saturated rings. The highest BCUT2D eigenvalue weighted by Gasteiger charge is 2.30. The quantitative estimate of drug-likeness (QED) is 0.331. The van der Waals surface area contributed by atoms with Crippen LogP contribution in [0.3, 0.4) is 0 Å². The minimum atomic E-state index is -0.486. The van der Waals surface area contributed by atoms with Crippen molar-refractivity contribution in [1.82, 2.24) is 4.90 Å². The number of ether oxygens (including phenoxy) is 3. The molecule has 1 saturated heterocycles. The Kier molecular flexibility index (Phi) is 8.91. The first-order valence-corrected chi connectivity index (χ1v) is 14.5. The van der Waals surface area contributed by atoms with E-state index in [-0.39, 0.29) is 23.0 Å². The van der Waals surface area contributed by atoms with E-state index in [4.69, 9.17) is 14.2 Å². The van der Waals surface area contributed by atoms with E-state index in [0.29, 0.717) is 24.0 Å². The molecule has 0 atom stereocenters. The van der Waals surface area contributed by atoms with Gasteiger partial charge in [0.15, 0.2) is 0 Å². The Morgan fingerprint density at radius 2 is 1.73 bits per heavy atom. The first-order chi connectivity index (χ1) is 19.3. The van der Waals surface area contributed by atoms with Gasteiger partial charge in [-0.3, -0.25) is 9.69 Å². The Hall–Kier alpha value is -3.16. The highest BCUT2D eigenvalue weighted by molar-refractivity contribution is 6.10. The summed E-state index contributed by atoms with van der Waals surface area (Å²) in [5, 5.41) is 4.76. The zero-order valence-corrected chi connectivity index (χ0v) is 23.9. The van der Waals surface area contributed by atoms with Gasteiger partial charge in [-0.15, -0.1) is 0 Å². The zero-order chi connectivity index (χ0) is 28.1. The van der Waals surface area contributed by atoms with Gasteiger partial charge in [-0.25, -0.2) is 4.39 Å². The second-order valence-corrected chi connectivity index (χ2v) is 12.0. The lowest BCUT2D eigenvalue weighted by atomic mass is 9.72. The van der Waals surface area contributed by atoms with Crippen LogP contribution in [-0.4, -0.2) is 56.4 Å². The number of anilines is 1. The van der Waals surface area contributed by atoms with Gasteiger partial charge in [0, 0.05) is 47.7 Å². The van der Waals surface area contributed by atoms with Crippen LogP contribution >= 0.6 is 0 Å². The van der Waals surface area contributed by atoms with Crippen LogP contribution in [0.4, 0.5) is 10.1 Å². The molecule has 0 spiro atoms. The predicted molar refractivity (Wildman–Crippen MR) is 157 cm³/mol. The van der Waals surface area contributed by atoms with E-state index in [1.54, 1.807) is 6.07 Å². The van der Waals surface area contributed by atoms with Crippen molar-refractivity contribution in [1.29, 1.82) is 0 Å². The molecule has 1 saturated carbocycles.